The zero-order chi connectivity index (χ0) is 13.1. The van der Waals surface area contributed by atoms with Crippen molar-refractivity contribution in [2.24, 2.45) is 0 Å². The van der Waals surface area contributed by atoms with Crippen molar-refractivity contribution in [3.63, 3.8) is 0 Å². The summed E-state index contributed by atoms with van der Waals surface area (Å²) in [5.41, 5.74) is 3.07. The summed E-state index contributed by atoms with van der Waals surface area (Å²) in [6, 6.07) is 10.1. The Morgan fingerprint density at radius 2 is 1.89 bits per heavy atom. The summed E-state index contributed by atoms with van der Waals surface area (Å²) in [6.45, 7) is 3.00. The molecule has 0 spiro atoms. The van der Waals surface area contributed by atoms with Gasteiger partial charge in [-0.2, -0.15) is 0 Å². The number of fused-ring (bicyclic) bond motifs is 1. The average Bonchev–Trinajstić information content (AvgIpc) is 2.89. The highest BCUT2D eigenvalue weighted by Crippen LogP contribution is 2.21. The first-order chi connectivity index (χ1) is 9.35. The van der Waals surface area contributed by atoms with E-state index in [-0.39, 0.29) is 0 Å². The van der Waals surface area contributed by atoms with Crippen LogP contribution in [0.5, 0.6) is 0 Å². The molecule has 1 aromatic carbocycles. The van der Waals surface area contributed by atoms with Gasteiger partial charge in [-0.05, 0) is 42.6 Å². The van der Waals surface area contributed by atoms with Crippen LogP contribution in [0.1, 0.15) is 6.92 Å². The largest absolute Gasteiger partial charge is 0.385 e. The van der Waals surface area contributed by atoms with E-state index in [1.54, 1.807) is 11.3 Å². The second kappa shape index (κ2) is 5.24. The van der Waals surface area contributed by atoms with Gasteiger partial charge in [-0.15, -0.1) is 11.3 Å². The fourth-order valence-corrected chi connectivity index (χ4v) is 2.52. The van der Waals surface area contributed by atoms with E-state index in [4.69, 9.17) is 0 Å². The number of anilines is 3. The van der Waals surface area contributed by atoms with Crippen LogP contribution in [-0.4, -0.2) is 16.5 Å². The van der Waals surface area contributed by atoms with Crippen molar-refractivity contribution in [3.05, 3.63) is 41.9 Å². The Morgan fingerprint density at radius 1 is 1.11 bits per heavy atom. The lowest BCUT2D eigenvalue weighted by Crippen LogP contribution is -1.98. The molecule has 0 aliphatic heterocycles. The van der Waals surface area contributed by atoms with Crippen molar-refractivity contribution in [1.82, 2.24) is 9.97 Å². The lowest BCUT2D eigenvalue weighted by atomic mass is 10.3. The number of hydrogen-bond donors (Lipinski definition) is 2. The molecule has 0 aliphatic carbocycles. The van der Waals surface area contributed by atoms with Gasteiger partial charge in [-0.1, -0.05) is 0 Å². The number of nitrogens with one attached hydrogen (secondary N) is 2. The summed E-state index contributed by atoms with van der Waals surface area (Å²) < 4.78 is 1.10. The molecule has 4 nitrogen and oxygen atoms in total. The minimum absolute atomic E-state index is 0.627. The molecule has 0 radical (unpaired) electrons. The Kier molecular flexibility index (Phi) is 3.29. The molecule has 0 bridgehead atoms. The normalized spacial score (nSPS) is 10.6. The van der Waals surface area contributed by atoms with E-state index < -0.39 is 0 Å². The molecule has 2 heterocycles. The number of aromatic nitrogens is 2. The third-order valence-corrected chi connectivity index (χ3v) is 3.57. The maximum absolute atomic E-state index is 4.46. The number of hydrogen-bond acceptors (Lipinski definition) is 5. The predicted octanol–water partition coefficient (Wildman–Crippen LogP) is 3.87. The van der Waals surface area contributed by atoms with Crippen LogP contribution in [-0.2, 0) is 0 Å². The summed E-state index contributed by atoms with van der Waals surface area (Å²) in [5, 5.41) is 8.49. The molecular weight excluding hydrogens is 256 g/mol. The van der Waals surface area contributed by atoms with Gasteiger partial charge in [0.2, 0.25) is 5.95 Å². The summed E-state index contributed by atoms with van der Waals surface area (Å²) in [4.78, 5) is 8.77. The van der Waals surface area contributed by atoms with Crippen LogP contribution in [0.15, 0.2) is 41.9 Å². The highest BCUT2D eigenvalue weighted by molar-refractivity contribution is 7.17. The fraction of sp³-hybridized carbons (Fsp3) is 0.143. The van der Waals surface area contributed by atoms with Gasteiger partial charge in [-0.3, -0.25) is 0 Å². The molecule has 5 heteroatoms. The molecule has 96 valence electrons. The van der Waals surface area contributed by atoms with Crippen LogP contribution in [0, 0.1) is 0 Å². The van der Waals surface area contributed by atoms with Crippen molar-refractivity contribution < 1.29 is 0 Å². The lowest BCUT2D eigenvalue weighted by molar-refractivity contribution is 1.21. The van der Waals surface area contributed by atoms with Crippen molar-refractivity contribution in [3.8, 4) is 0 Å². The van der Waals surface area contributed by atoms with Gasteiger partial charge < -0.3 is 10.6 Å². The summed E-state index contributed by atoms with van der Waals surface area (Å²) in [5.74, 6) is 0.627. The van der Waals surface area contributed by atoms with Crippen LogP contribution in [0.25, 0.3) is 10.2 Å². The summed E-state index contributed by atoms with van der Waals surface area (Å²) >= 11 is 1.65. The first-order valence-corrected chi connectivity index (χ1v) is 7.04. The van der Waals surface area contributed by atoms with Crippen LogP contribution in [0.2, 0.25) is 0 Å². The smallest absolute Gasteiger partial charge is 0.227 e. The molecule has 0 amide bonds. The maximum Gasteiger partial charge on any atom is 0.227 e. The van der Waals surface area contributed by atoms with Gasteiger partial charge >= 0.3 is 0 Å². The second-order valence-electron chi connectivity index (χ2n) is 4.10. The molecule has 0 saturated heterocycles. The van der Waals surface area contributed by atoms with Gasteiger partial charge in [-0.25, -0.2) is 9.97 Å². The molecule has 0 aliphatic rings. The number of nitrogens with zero attached hydrogens (tertiary/aromatic N) is 2. The van der Waals surface area contributed by atoms with Crippen LogP contribution < -0.4 is 10.6 Å². The average molecular weight is 270 g/mol. The molecule has 2 aromatic heterocycles. The molecule has 19 heavy (non-hydrogen) atoms. The molecule has 0 fully saturated rings. The molecule has 0 atom stereocenters. The van der Waals surface area contributed by atoms with Crippen LogP contribution >= 0.6 is 11.3 Å². The quantitative estimate of drug-likeness (QED) is 0.755. The molecule has 2 N–H and O–H groups in total. The standard InChI is InChI=1S/C14H14N4S/c1-2-15-10-3-5-11(6-4-10)17-14-16-9-13-12(18-14)7-8-19-13/h3-9,15H,2H2,1H3,(H,16,17,18). The van der Waals surface area contributed by atoms with Gasteiger partial charge in [0.1, 0.15) is 0 Å². The number of thiophene rings is 1. The molecule has 3 rings (SSSR count). The van der Waals surface area contributed by atoms with Gasteiger partial charge in [0.15, 0.2) is 0 Å². The van der Waals surface area contributed by atoms with E-state index in [0.717, 1.165) is 28.1 Å². The molecule has 3 aromatic rings. The minimum Gasteiger partial charge on any atom is -0.385 e. The van der Waals surface area contributed by atoms with Crippen molar-refractivity contribution in [2.75, 3.05) is 17.2 Å². The van der Waals surface area contributed by atoms with E-state index in [9.17, 15) is 0 Å². The zero-order valence-electron chi connectivity index (χ0n) is 10.6. The van der Waals surface area contributed by atoms with Crippen LogP contribution in [0.4, 0.5) is 17.3 Å². The van der Waals surface area contributed by atoms with Gasteiger partial charge in [0.25, 0.3) is 0 Å². The Balaban J connectivity index is 1.79. The SMILES string of the molecule is CCNc1ccc(Nc2ncc3sccc3n2)cc1. The lowest BCUT2D eigenvalue weighted by Gasteiger charge is -2.06. The van der Waals surface area contributed by atoms with Crippen molar-refractivity contribution >= 4 is 38.9 Å². The third-order valence-electron chi connectivity index (χ3n) is 2.73. The van der Waals surface area contributed by atoms with Crippen LogP contribution in [0.3, 0.4) is 0 Å². The van der Waals surface area contributed by atoms with E-state index >= 15 is 0 Å². The van der Waals surface area contributed by atoms with Gasteiger partial charge in [0, 0.05) is 17.9 Å². The topological polar surface area (TPSA) is 49.8 Å². The maximum atomic E-state index is 4.46. The first kappa shape index (κ1) is 11.9. The fourth-order valence-electron chi connectivity index (χ4n) is 1.83. The van der Waals surface area contributed by atoms with E-state index in [2.05, 4.69) is 27.5 Å². The van der Waals surface area contributed by atoms with E-state index in [0.29, 0.717) is 5.95 Å². The van der Waals surface area contributed by atoms with Crippen molar-refractivity contribution in [2.45, 2.75) is 6.92 Å². The molecular formula is C14H14N4S. The molecule has 0 saturated carbocycles. The second-order valence-corrected chi connectivity index (χ2v) is 5.04. The Bertz CT molecular complexity index is 675. The highest BCUT2D eigenvalue weighted by atomic mass is 32.1. The Labute approximate surface area is 115 Å². The zero-order valence-corrected chi connectivity index (χ0v) is 11.4. The van der Waals surface area contributed by atoms with Crippen molar-refractivity contribution in [1.29, 1.82) is 0 Å². The first-order valence-electron chi connectivity index (χ1n) is 6.16. The summed E-state index contributed by atoms with van der Waals surface area (Å²) in [6.07, 6.45) is 1.85. The number of benzene rings is 1. The predicted molar refractivity (Wildman–Crippen MR) is 81.3 cm³/mol. The van der Waals surface area contributed by atoms with Gasteiger partial charge in [0.05, 0.1) is 16.4 Å². The van der Waals surface area contributed by atoms with E-state index in [1.165, 1.54) is 0 Å². The Hall–Kier alpha value is -2.14. The summed E-state index contributed by atoms with van der Waals surface area (Å²) in [7, 11) is 0. The minimum atomic E-state index is 0.627. The molecule has 0 unspecified atom stereocenters. The van der Waals surface area contributed by atoms with E-state index in [1.807, 2.05) is 41.9 Å². The number of rotatable bonds is 4. The monoisotopic (exact) mass is 270 g/mol. The Morgan fingerprint density at radius 3 is 2.68 bits per heavy atom. The highest BCUT2D eigenvalue weighted by Gasteiger charge is 2.01. The third kappa shape index (κ3) is 2.66.